The minimum absolute atomic E-state index is 0.0944. The van der Waals surface area contributed by atoms with E-state index in [1.807, 2.05) is 6.92 Å². The highest BCUT2D eigenvalue weighted by atomic mass is 32.2. The average molecular weight is 510 g/mol. The van der Waals surface area contributed by atoms with Gasteiger partial charge in [-0.05, 0) is 38.0 Å². The summed E-state index contributed by atoms with van der Waals surface area (Å²) >= 11 is 0. The van der Waals surface area contributed by atoms with Gasteiger partial charge in [0.05, 0.1) is 17.4 Å². The minimum atomic E-state index is -3.19. The van der Waals surface area contributed by atoms with Crippen molar-refractivity contribution in [3.8, 4) is 11.6 Å². The monoisotopic (exact) mass is 509 g/mol. The van der Waals surface area contributed by atoms with Crippen LogP contribution in [0.2, 0.25) is 0 Å². The molecule has 0 saturated carbocycles. The van der Waals surface area contributed by atoms with Gasteiger partial charge in [0.15, 0.2) is 0 Å². The van der Waals surface area contributed by atoms with Crippen LogP contribution in [0.1, 0.15) is 41.6 Å². The second-order valence-corrected chi connectivity index (χ2v) is 10.9. The van der Waals surface area contributed by atoms with Crippen LogP contribution in [-0.2, 0) is 10.0 Å². The van der Waals surface area contributed by atoms with E-state index in [1.165, 1.54) is 16.6 Å². The highest BCUT2D eigenvalue weighted by molar-refractivity contribution is 7.88. The number of benzene rings is 1. The van der Waals surface area contributed by atoms with Gasteiger partial charge in [-0.3, -0.25) is 4.79 Å². The third-order valence-corrected chi connectivity index (χ3v) is 7.74. The SMILES string of the molecule is Cc1c(OC2CCN(S(C)(=O)=O)CC2)ccnc1OC1CCN(C(=O)c2ccc(F)cc2F)CC1. The fourth-order valence-electron chi connectivity index (χ4n) is 4.38. The molecule has 2 saturated heterocycles. The number of carbonyl (C=O) groups is 1. The van der Waals surface area contributed by atoms with Gasteiger partial charge >= 0.3 is 0 Å². The molecule has 2 aromatic rings. The van der Waals surface area contributed by atoms with E-state index in [9.17, 15) is 22.0 Å². The summed E-state index contributed by atoms with van der Waals surface area (Å²) in [5.41, 5.74) is 0.612. The van der Waals surface area contributed by atoms with Gasteiger partial charge in [-0.2, -0.15) is 0 Å². The highest BCUT2D eigenvalue weighted by Crippen LogP contribution is 2.30. The van der Waals surface area contributed by atoms with Gasteiger partial charge in [-0.25, -0.2) is 26.5 Å². The predicted octanol–water partition coefficient (Wildman–Crippen LogP) is 3.15. The number of halogens is 2. The smallest absolute Gasteiger partial charge is 0.256 e. The first-order valence-electron chi connectivity index (χ1n) is 11.6. The minimum Gasteiger partial charge on any atom is -0.490 e. The lowest BCUT2D eigenvalue weighted by Gasteiger charge is -2.33. The quantitative estimate of drug-likeness (QED) is 0.595. The number of nitrogens with zero attached hydrogens (tertiary/aromatic N) is 3. The summed E-state index contributed by atoms with van der Waals surface area (Å²) in [4.78, 5) is 18.5. The Morgan fingerprint density at radius 3 is 2.26 bits per heavy atom. The zero-order valence-electron chi connectivity index (χ0n) is 19.7. The molecule has 0 aliphatic carbocycles. The Balaban J connectivity index is 1.32. The Bertz CT molecular complexity index is 1180. The van der Waals surface area contributed by atoms with E-state index >= 15 is 0 Å². The van der Waals surface area contributed by atoms with Crippen molar-refractivity contribution in [2.75, 3.05) is 32.4 Å². The largest absolute Gasteiger partial charge is 0.490 e. The number of pyridine rings is 1. The van der Waals surface area contributed by atoms with Gasteiger partial charge in [0, 0.05) is 51.3 Å². The normalized spacial score (nSPS) is 18.5. The Kier molecular flexibility index (Phi) is 7.56. The van der Waals surface area contributed by atoms with Crippen LogP contribution in [0.5, 0.6) is 11.6 Å². The van der Waals surface area contributed by atoms with Crippen molar-refractivity contribution in [1.82, 2.24) is 14.2 Å². The summed E-state index contributed by atoms with van der Waals surface area (Å²) in [6.45, 7) is 3.48. The van der Waals surface area contributed by atoms with Crippen LogP contribution in [0.3, 0.4) is 0 Å². The first-order chi connectivity index (χ1) is 16.6. The number of carbonyl (C=O) groups excluding carboxylic acids is 1. The molecular formula is C24H29F2N3O5S. The number of amides is 1. The summed E-state index contributed by atoms with van der Waals surface area (Å²) in [5.74, 6) is -0.961. The van der Waals surface area contributed by atoms with Crippen LogP contribution >= 0.6 is 0 Å². The third-order valence-electron chi connectivity index (χ3n) is 6.44. The topological polar surface area (TPSA) is 89.0 Å². The number of aromatic nitrogens is 1. The molecule has 0 N–H and O–H groups in total. The molecule has 35 heavy (non-hydrogen) atoms. The predicted molar refractivity (Wildman–Crippen MR) is 125 cm³/mol. The van der Waals surface area contributed by atoms with E-state index in [0.717, 1.165) is 11.6 Å². The Labute approximate surface area is 203 Å². The van der Waals surface area contributed by atoms with Gasteiger partial charge in [0.25, 0.3) is 5.91 Å². The number of rotatable bonds is 6. The molecule has 8 nitrogen and oxygen atoms in total. The first kappa shape index (κ1) is 25.3. The Hall–Kier alpha value is -2.79. The van der Waals surface area contributed by atoms with E-state index in [4.69, 9.17) is 9.47 Å². The number of ether oxygens (including phenoxy) is 2. The number of sulfonamides is 1. The van der Waals surface area contributed by atoms with E-state index in [1.54, 1.807) is 17.2 Å². The van der Waals surface area contributed by atoms with Crippen molar-refractivity contribution in [3.05, 3.63) is 53.2 Å². The fourth-order valence-corrected chi connectivity index (χ4v) is 5.25. The molecule has 2 aliphatic heterocycles. The van der Waals surface area contributed by atoms with Crippen molar-refractivity contribution in [1.29, 1.82) is 0 Å². The first-order valence-corrected chi connectivity index (χ1v) is 13.4. The maximum Gasteiger partial charge on any atom is 0.256 e. The molecule has 1 amide bonds. The molecular weight excluding hydrogens is 480 g/mol. The Morgan fingerprint density at radius 2 is 1.63 bits per heavy atom. The zero-order chi connectivity index (χ0) is 25.2. The lowest BCUT2D eigenvalue weighted by atomic mass is 10.1. The Morgan fingerprint density at radius 1 is 1.00 bits per heavy atom. The fraction of sp³-hybridized carbons (Fsp3) is 0.500. The molecule has 190 valence electrons. The lowest BCUT2D eigenvalue weighted by Crippen LogP contribution is -2.42. The number of hydrogen-bond acceptors (Lipinski definition) is 6. The van der Waals surface area contributed by atoms with Crippen LogP contribution in [0.15, 0.2) is 30.5 Å². The van der Waals surface area contributed by atoms with Crippen LogP contribution < -0.4 is 9.47 Å². The number of likely N-dealkylation sites (tertiary alicyclic amines) is 1. The van der Waals surface area contributed by atoms with Gasteiger partial charge in [-0.1, -0.05) is 0 Å². The molecule has 0 bridgehead atoms. The van der Waals surface area contributed by atoms with Gasteiger partial charge < -0.3 is 14.4 Å². The molecule has 11 heteroatoms. The van der Waals surface area contributed by atoms with Crippen molar-refractivity contribution in [2.45, 2.75) is 44.8 Å². The van der Waals surface area contributed by atoms with E-state index in [0.29, 0.717) is 69.6 Å². The summed E-state index contributed by atoms with van der Waals surface area (Å²) in [6.07, 6.45) is 4.86. The van der Waals surface area contributed by atoms with Crippen molar-refractivity contribution in [2.24, 2.45) is 0 Å². The van der Waals surface area contributed by atoms with Crippen molar-refractivity contribution in [3.63, 3.8) is 0 Å². The molecule has 1 aromatic carbocycles. The van der Waals surface area contributed by atoms with Crippen molar-refractivity contribution >= 4 is 15.9 Å². The lowest BCUT2D eigenvalue weighted by molar-refractivity contribution is 0.0581. The van der Waals surface area contributed by atoms with Crippen molar-refractivity contribution < 1.29 is 31.5 Å². The molecule has 3 heterocycles. The van der Waals surface area contributed by atoms with Gasteiger partial charge in [0.1, 0.15) is 29.6 Å². The second kappa shape index (κ2) is 10.4. The second-order valence-electron chi connectivity index (χ2n) is 8.95. The van der Waals surface area contributed by atoms with E-state index in [-0.39, 0.29) is 17.8 Å². The number of hydrogen-bond donors (Lipinski definition) is 0. The van der Waals surface area contributed by atoms with Crippen LogP contribution in [0.4, 0.5) is 8.78 Å². The van der Waals surface area contributed by atoms with Crippen LogP contribution in [0.25, 0.3) is 0 Å². The number of piperidine rings is 2. The molecule has 0 spiro atoms. The van der Waals surface area contributed by atoms with Crippen LogP contribution in [-0.4, -0.2) is 73.2 Å². The van der Waals surface area contributed by atoms with E-state index in [2.05, 4.69) is 4.98 Å². The molecule has 0 radical (unpaired) electrons. The van der Waals surface area contributed by atoms with Gasteiger partial charge in [0.2, 0.25) is 15.9 Å². The molecule has 1 aromatic heterocycles. The maximum absolute atomic E-state index is 14.0. The summed E-state index contributed by atoms with van der Waals surface area (Å²) in [6, 6.07) is 4.72. The van der Waals surface area contributed by atoms with E-state index < -0.39 is 27.6 Å². The standard InChI is InChI=1S/C24H29F2N3O5S/c1-16-22(33-18-8-13-29(14-9-18)35(2,31)32)5-10-27-23(16)34-19-6-11-28(12-7-19)24(30)20-4-3-17(25)15-21(20)26/h3-5,10,15,18-19H,6-9,11-14H2,1-2H3. The molecule has 2 fully saturated rings. The summed E-state index contributed by atoms with van der Waals surface area (Å²) in [5, 5.41) is 0. The molecule has 0 atom stereocenters. The molecule has 2 aliphatic rings. The van der Waals surface area contributed by atoms with Crippen LogP contribution in [0, 0.1) is 18.6 Å². The molecule has 0 unspecified atom stereocenters. The highest BCUT2D eigenvalue weighted by Gasteiger charge is 2.29. The average Bonchev–Trinajstić information content (AvgIpc) is 2.81. The third kappa shape index (κ3) is 6.07. The summed E-state index contributed by atoms with van der Waals surface area (Å²) < 4.78 is 64.2. The van der Waals surface area contributed by atoms with Gasteiger partial charge in [-0.15, -0.1) is 0 Å². The molecule has 4 rings (SSSR count). The summed E-state index contributed by atoms with van der Waals surface area (Å²) in [7, 11) is -3.19. The zero-order valence-corrected chi connectivity index (χ0v) is 20.6. The maximum atomic E-state index is 14.0.